The van der Waals surface area contributed by atoms with Gasteiger partial charge in [0.05, 0.1) is 0 Å². The largest absolute Gasteiger partial charge is 0.344 e. The van der Waals surface area contributed by atoms with Crippen molar-refractivity contribution in [1.29, 1.82) is 0 Å². The summed E-state index contributed by atoms with van der Waals surface area (Å²) in [5.74, 6) is -1.76. The summed E-state index contributed by atoms with van der Waals surface area (Å²) in [6, 6.07) is 6.96. The van der Waals surface area contributed by atoms with Crippen molar-refractivity contribution in [3.8, 4) is 0 Å². The highest BCUT2D eigenvalue weighted by molar-refractivity contribution is 6.36. The molecule has 1 aromatic carbocycles. The molecule has 3 amide bonds. The number of hydrogen-bond acceptors (Lipinski definition) is 4. The van der Waals surface area contributed by atoms with E-state index in [4.69, 9.17) is 17.3 Å². The summed E-state index contributed by atoms with van der Waals surface area (Å²) in [7, 11) is 0. The summed E-state index contributed by atoms with van der Waals surface area (Å²) in [6.45, 7) is 0.574. The second-order valence-corrected chi connectivity index (χ2v) is 4.43. The number of carbonyl (C=O) groups excluding carboxylic acids is 3. The van der Waals surface area contributed by atoms with Crippen LogP contribution < -0.4 is 11.1 Å². The third kappa shape index (κ3) is 4.64. The first-order chi connectivity index (χ1) is 9.60. The van der Waals surface area contributed by atoms with E-state index >= 15 is 0 Å². The Morgan fingerprint density at radius 2 is 2.05 bits per heavy atom. The van der Waals surface area contributed by atoms with E-state index in [0.717, 1.165) is 4.90 Å². The van der Waals surface area contributed by atoms with E-state index in [1.807, 2.05) is 0 Å². The molecule has 20 heavy (non-hydrogen) atoms. The molecule has 6 nitrogen and oxygen atoms in total. The van der Waals surface area contributed by atoms with E-state index in [2.05, 4.69) is 5.32 Å². The number of amides is 3. The molecule has 0 unspecified atom stereocenters. The summed E-state index contributed by atoms with van der Waals surface area (Å²) >= 11 is 5.93. The van der Waals surface area contributed by atoms with Gasteiger partial charge in [0.25, 0.3) is 0 Å². The minimum absolute atomic E-state index is 0.119. The second-order valence-electron chi connectivity index (χ2n) is 4.02. The van der Waals surface area contributed by atoms with Gasteiger partial charge < -0.3 is 11.1 Å². The Hall–Kier alpha value is -1.92. The van der Waals surface area contributed by atoms with Crippen molar-refractivity contribution in [2.24, 2.45) is 5.73 Å². The number of nitrogens with one attached hydrogen (secondary N) is 1. The van der Waals surface area contributed by atoms with Crippen LogP contribution in [-0.2, 0) is 20.9 Å². The zero-order valence-electron chi connectivity index (χ0n) is 10.8. The molecule has 3 N–H and O–H groups in total. The number of nitrogens with two attached hydrogens (primary N) is 1. The van der Waals surface area contributed by atoms with Gasteiger partial charge in [0.2, 0.25) is 6.41 Å². The Balaban J connectivity index is 2.55. The SMILES string of the molecule is NCCCN(C=O)C(=O)C(=O)NCc1ccccc1Cl. The van der Waals surface area contributed by atoms with E-state index in [1.165, 1.54) is 0 Å². The predicted molar refractivity (Wildman–Crippen MR) is 74.7 cm³/mol. The van der Waals surface area contributed by atoms with E-state index in [9.17, 15) is 14.4 Å². The van der Waals surface area contributed by atoms with Gasteiger partial charge in [-0.05, 0) is 24.6 Å². The van der Waals surface area contributed by atoms with E-state index in [0.29, 0.717) is 30.0 Å². The highest BCUT2D eigenvalue weighted by Crippen LogP contribution is 2.14. The quantitative estimate of drug-likeness (QED) is 0.583. The van der Waals surface area contributed by atoms with Crippen LogP contribution in [0, 0.1) is 0 Å². The van der Waals surface area contributed by atoms with Crippen LogP contribution in [0.25, 0.3) is 0 Å². The van der Waals surface area contributed by atoms with Crippen molar-refractivity contribution < 1.29 is 14.4 Å². The normalized spacial score (nSPS) is 9.90. The highest BCUT2D eigenvalue weighted by Gasteiger charge is 2.20. The summed E-state index contributed by atoms with van der Waals surface area (Å²) in [6.07, 6.45) is 0.773. The molecule has 0 saturated carbocycles. The van der Waals surface area contributed by atoms with E-state index in [-0.39, 0.29) is 13.1 Å². The number of imide groups is 1. The van der Waals surface area contributed by atoms with Crippen LogP contribution in [-0.4, -0.2) is 36.2 Å². The van der Waals surface area contributed by atoms with Crippen molar-refractivity contribution in [3.05, 3.63) is 34.9 Å². The molecule has 0 aliphatic rings. The van der Waals surface area contributed by atoms with Gasteiger partial charge in [-0.15, -0.1) is 0 Å². The van der Waals surface area contributed by atoms with Crippen LogP contribution in [0.4, 0.5) is 0 Å². The van der Waals surface area contributed by atoms with Crippen molar-refractivity contribution in [3.63, 3.8) is 0 Å². The molecule has 0 spiro atoms. The van der Waals surface area contributed by atoms with Crippen LogP contribution in [0.1, 0.15) is 12.0 Å². The smallest absolute Gasteiger partial charge is 0.318 e. The average Bonchev–Trinajstić information content (AvgIpc) is 2.46. The minimum Gasteiger partial charge on any atom is -0.344 e. The predicted octanol–water partition coefficient (Wildman–Crippen LogP) is 0.290. The molecule has 0 fully saturated rings. The molecule has 108 valence electrons. The molecule has 7 heteroatoms. The van der Waals surface area contributed by atoms with Gasteiger partial charge in [0.15, 0.2) is 0 Å². The third-order valence-corrected chi connectivity index (χ3v) is 2.95. The fourth-order valence-corrected chi connectivity index (χ4v) is 1.69. The van der Waals surface area contributed by atoms with Crippen LogP contribution in [0.15, 0.2) is 24.3 Å². The molecule has 0 aliphatic carbocycles. The first-order valence-electron chi connectivity index (χ1n) is 6.07. The highest BCUT2D eigenvalue weighted by atomic mass is 35.5. The standard InChI is InChI=1S/C13H16ClN3O3/c14-11-5-2-1-4-10(11)8-16-12(19)13(20)17(9-18)7-3-6-15/h1-2,4-5,9H,3,6-8,15H2,(H,16,19). The maximum absolute atomic E-state index is 11.7. The Labute approximate surface area is 121 Å². The molecule has 0 heterocycles. The number of benzene rings is 1. The first kappa shape index (κ1) is 16.1. The topological polar surface area (TPSA) is 92.5 Å². The van der Waals surface area contributed by atoms with Gasteiger partial charge in [-0.25, -0.2) is 0 Å². The number of halogens is 1. The van der Waals surface area contributed by atoms with Crippen LogP contribution in [0.2, 0.25) is 5.02 Å². The fraction of sp³-hybridized carbons (Fsp3) is 0.308. The van der Waals surface area contributed by atoms with Crippen molar-refractivity contribution in [1.82, 2.24) is 10.2 Å². The molecular weight excluding hydrogens is 282 g/mol. The van der Waals surface area contributed by atoms with Gasteiger partial charge in [-0.2, -0.15) is 0 Å². The van der Waals surface area contributed by atoms with Crippen molar-refractivity contribution in [2.45, 2.75) is 13.0 Å². The maximum atomic E-state index is 11.7. The number of hydrogen-bond donors (Lipinski definition) is 2. The van der Waals surface area contributed by atoms with Gasteiger partial charge in [-0.3, -0.25) is 19.3 Å². The van der Waals surface area contributed by atoms with Crippen molar-refractivity contribution >= 4 is 29.8 Å². The summed E-state index contributed by atoms with van der Waals surface area (Å²) in [5.41, 5.74) is 5.98. The molecule has 0 atom stereocenters. The number of nitrogens with zero attached hydrogens (tertiary/aromatic N) is 1. The molecule has 1 rings (SSSR count). The van der Waals surface area contributed by atoms with Crippen LogP contribution in [0.5, 0.6) is 0 Å². The minimum atomic E-state index is -0.902. The van der Waals surface area contributed by atoms with Crippen molar-refractivity contribution in [2.75, 3.05) is 13.1 Å². The Morgan fingerprint density at radius 3 is 2.65 bits per heavy atom. The average molecular weight is 298 g/mol. The molecule has 1 aromatic rings. The first-order valence-corrected chi connectivity index (χ1v) is 6.45. The summed E-state index contributed by atoms with van der Waals surface area (Å²) < 4.78 is 0. The van der Waals surface area contributed by atoms with Gasteiger partial charge in [0, 0.05) is 18.1 Å². The molecule has 0 aromatic heterocycles. The number of carbonyl (C=O) groups is 3. The summed E-state index contributed by atoms with van der Waals surface area (Å²) in [4.78, 5) is 34.9. The lowest BCUT2D eigenvalue weighted by atomic mass is 10.2. The zero-order valence-corrected chi connectivity index (χ0v) is 11.6. The van der Waals surface area contributed by atoms with Crippen LogP contribution in [0.3, 0.4) is 0 Å². The zero-order chi connectivity index (χ0) is 15.0. The molecule has 0 bridgehead atoms. The molecule has 0 aliphatic heterocycles. The third-order valence-electron chi connectivity index (χ3n) is 2.58. The second kappa shape index (κ2) is 8.29. The monoisotopic (exact) mass is 297 g/mol. The Kier molecular flexibility index (Phi) is 6.69. The molecular formula is C13H16ClN3O3. The lowest BCUT2D eigenvalue weighted by Gasteiger charge is -2.14. The number of rotatable bonds is 6. The lowest BCUT2D eigenvalue weighted by Crippen LogP contribution is -2.42. The van der Waals surface area contributed by atoms with E-state index in [1.54, 1.807) is 24.3 Å². The Bertz CT molecular complexity index is 494. The summed E-state index contributed by atoms with van der Waals surface area (Å²) in [5, 5.41) is 2.92. The van der Waals surface area contributed by atoms with Gasteiger partial charge in [-0.1, -0.05) is 29.8 Å². The van der Waals surface area contributed by atoms with Crippen LogP contribution >= 0.6 is 11.6 Å². The fourth-order valence-electron chi connectivity index (χ4n) is 1.49. The van der Waals surface area contributed by atoms with E-state index < -0.39 is 11.8 Å². The maximum Gasteiger partial charge on any atom is 0.318 e. The van der Waals surface area contributed by atoms with Gasteiger partial charge in [0.1, 0.15) is 0 Å². The lowest BCUT2D eigenvalue weighted by molar-refractivity contribution is -0.148. The molecule has 0 radical (unpaired) electrons. The Morgan fingerprint density at radius 1 is 1.35 bits per heavy atom. The van der Waals surface area contributed by atoms with Gasteiger partial charge >= 0.3 is 11.8 Å². The molecule has 0 saturated heterocycles.